The number of non-ortho nitro benzene ring substituents is 1. The maximum absolute atomic E-state index is 10.8. The summed E-state index contributed by atoms with van der Waals surface area (Å²) in [5, 5.41) is 20.1. The predicted octanol–water partition coefficient (Wildman–Crippen LogP) is 2.49. The van der Waals surface area contributed by atoms with E-state index in [9.17, 15) is 15.4 Å². The van der Waals surface area contributed by atoms with E-state index < -0.39 is 4.92 Å². The number of likely N-dealkylation sites (N-methyl/N-ethyl adjacent to an activating group) is 1. The first-order valence-corrected chi connectivity index (χ1v) is 6.93. The van der Waals surface area contributed by atoms with Gasteiger partial charge in [0.2, 0.25) is 0 Å². The van der Waals surface area contributed by atoms with E-state index in [4.69, 9.17) is 0 Å². The first kappa shape index (κ1) is 16.9. The number of hydrogen-bond donors (Lipinski definition) is 0. The molecule has 0 aromatic heterocycles. The standard InChI is InChI=1S/C15H22N4O2/c1-12(2)11-18(8-7-17(3)4)15-6-5-14(19(20)21)9-13(15)10-16/h5-6,9,12H,7-8,11H2,1-4H3. The molecule has 0 spiro atoms. The summed E-state index contributed by atoms with van der Waals surface area (Å²) >= 11 is 0. The molecule has 6 nitrogen and oxygen atoms in total. The minimum Gasteiger partial charge on any atom is -0.369 e. The number of anilines is 1. The number of nitro benzene ring substituents is 1. The van der Waals surface area contributed by atoms with Crippen LogP contribution in [0.25, 0.3) is 0 Å². The van der Waals surface area contributed by atoms with Gasteiger partial charge in [0.05, 0.1) is 16.2 Å². The van der Waals surface area contributed by atoms with E-state index in [1.807, 2.05) is 14.1 Å². The topological polar surface area (TPSA) is 73.4 Å². The lowest BCUT2D eigenvalue weighted by molar-refractivity contribution is -0.384. The molecule has 0 aliphatic rings. The average molecular weight is 290 g/mol. The van der Waals surface area contributed by atoms with Crippen LogP contribution in [0.3, 0.4) is 0 Å². The summed E-state index contributed by atoms with van der Waals surface area (Å²) < 4.78 is 0. The molecule has 0 radical (unpaired) electrons. The van der Waals surface area contributed by atoms with Gasteiger partial charge in [0.1, 0.15) is 6.07 Å². The Bertz CT molecular complexity index is 535. The summed E-state index contributed by atoms with van der Waals surface area (Å²) in [6.07, 6.45) is 0. The second kappa shape index (κ2) is 7.60. The van der Waals surface area contributed by atoms with Gasteiger partial charge in [0.25, 0.3) is 5.69 Å². The van der Waals surface area contributed by atoms with Gasteiger partial charge in [-0.3, -0.25) is 10.1 Å². The van der Waals surface area contributed by atoms with E-state index in [1.54, 1.807) is 6.07 Å². The lowest BCUT2D eigenvalue weighted by atomic mass is 10.1. The van der Waals surface area contributed by atoms with E-state index in [0.29, 0.717) is 11.5 Å². The molecule has 1 aromatic carbocycles. The van der Waals surface area contributed by atoms with Crippen molar-refractivity contribution in [1.29, 1.82) is 5.26 Å². The fourth-order valence-electron chi connectivity index (χ4n) is 2.07. The van der Waals surface area contributed by atoms with Crippen molar-refractivity contribution in [1.82, 2.24) is 4.90 Å². The highest BCUT2D eigenvalue weighted by atomic mass is 16.6. The van der Waals surface area contributed by atoms with Crippen molar-refractivity contribution < 1.29 is 4.92 Å². The van der Waals surface area contributed by atoms with Crippen molar-refractivity contribution >= 4 is 11.4 Å². The average Bonchev–Trinajstić information content (AvgIpc) is 2.42. The maximum atomic E-state index is 10.8. The summed E-state index contributed by atoms with van der Waals surface area (Å²) in [6.45, 7) is 6.66. The highest BCUT2D eigenvalue weighted by molar-refractivity contribution is 5.63. The molecule has 21 heavy (non-hydrogen) atoms. The van der Waals surface area contributed by atoms with Crippen LogP contribution in [0.5, 0.6) is 0 Å². The predicted molar refractivity (Wildman–Crippen MR) is 83.4 cm³/mol. The van der Waals surface area contributed by atoms with Gasteiger partial charge in [-0.05, 0) is 26.1 Å². The van der Waals surface area contributed by atoms with Gasteiger partial charge in [-0.15, -0.1) is 0 Å². The van der Waals surface area contributed by atoms with Gasteiger partial charge < -0.3 is 9.80 Å². The molecule has 0 bridgehead atoms. The maximum Gasteiger partial charge on any atom is 0.270 e. The monoisotopic (exact) mass is 290 g/mol. The van der Waals surface area contributed by atoms with Gasteiger partial charge in [0, 0.05) is 31.8 Å². The van der Waals surface area contributed by atoms with E-state index in [0.717, 1.165) is 25.3 Å². The van der Waals surface area contributed by atoms with Crippen LogP contribution >= 0.6 is 0 Å². The van der Waals surface area contributed by atoms with Crippen LogP contribution in [0.4, 0.5) is 11.4 Å². The Morgan fingerprint density at radius 2 is 2.00 bits per heavy atom. The van der Waals surface area contributed by atoms with Gasteiger partial charge in [-0.2, -0.15) is 5.26 Å². The van der Waals surface area contributed by atoms with Gasteiger partial charge in [0.15, 0.2) is 0 Å². The summed E-state index contributed by atoms with van der Waals surface area (Å²) in [5.74, 6) is 0.439. The zero-order valence-corrected chi connectivity index (χ0v) is 13.0. The lowest BCUT2D eigenvalue weighted by Crippen LogP contribution is -2.34. The van der Waals surface area contributed by atoms with Crippen LogP contribution in [0.1, 0.15) is 19.4 Å². The second-order valence-electron chi connectivity index (χ2n) is 5.71. The summed E-state index contributed by atoms with van der Waals surface area (Å²) in [7, 11) is 3.99. The van der Waals surface area contributed by atoms with Crippen molar-refractivity contribution in [2.24, 2.45) is 5.92 Å². The summed E-state index contributed by atoms with van der Waals surface area (Å²) in [6, 6.07) is 6.55. The Morgan fingerprint density at radius 3 is 2.48 bits per heavy atom. The molecule has 0 amide bonds. The summed E-state index contributed by atoms with van der Waals surface area (Å²) in [5.41, 5.74) is 1.06. The van der Waals surface area contributed by atoms with Crippen LogP contribution in [0.2, 0.25) is 0 Å². The molecular weight excluding hydrogens is 268 g/mol. The van der Waals surface area contributed by atoms with Gasteiger partial charge in [-0.25, -0.2) is 0 Å². The minimum atomic E-state index is -0.475. The molecule has 0 atom stereocenters. The molecule has 114 valence electrons. The van der Waals surface area contributed by atoms with Crippen molar-refractivity contribution in [2.45, 2.75) is 13.8 Å². The Balaban J connectivity index is 3.11. The van der Waals surface area contributed by atoms with E-state index >= 15 is 0 Å². The number of benzene rings is 1. The van der Waals surface area contributed by atoms with Crippen LogP contribution < -0.4 is 4.90 Å². The quantitative estimate of drug-likeness (QED) is 0.570. The van der Waals surface area contributed by atoms with E-state index in [1.165, 1.54) is 12.1 Å². The molecule has 1 rings (SSSR count). The van der Waals surface area contributed by atoms with E-state index in [-0.39, 0.29) is 5.69 Å². The number of rotatable bonds is 7. The van der Waals surface area contributed by atoms with E-state index in [2.05, 4.69) is 29.7 Å². The molecule has 0 aliphatic heterocycles. The number of nitrogens with zero attached hydrogens (tertiary/aromatic N) is 4. The van der Waals surface area contributed by atoms with Crippen molar-refractivity contribution in [2.75, 3.05) is 38.6 Å². The van der Waals surface area contributed by atoms with Gasteiger partial charge >= 0.3 is 0 Å². The first-order chi connectivity index (χ1) is 9.85. The molecular formula is C15H22N4O2. The van der Waals surface area contributed by atoms with Crippen molar-refractivity contribution in [3.8, 4) is 6.07 Å². The highest BCUT2D eigenvalue weighted by Gasteiger charge is 2.16. The zero-order valence-electron chi connectivity index (χ0n) is 13.0. The van der Waals surface area contributed by atoms with Crippen LogP contribution in [-0.4, -0.2) is 43.6 Å². The Kier molecular flexibility index (Phi) is 6.12. The van der Waals surface area contributed by atoms with Crippen molar-refractivity contribution in [3.05, 3.63) is 33.9 Å². The normalized spacial score (nSPS) is 10.7. The molecule has 0 N–H and O–H groups in total. The molecule has 0 aliphatic carbocycles. The highest BCUT2D eigenvalue weighted by Crippen LogP contribution is 2.25. The Hall–Kier alpha value is -2.13. The molecule has 0 heterocycles. The fourth-order valence-corrected chi connectivity index (χ4v) is 2.07. The fraction of sp³-hybridized carbons (Fsp3) is 0.533. The molecule has 0 saturated heterocycles. The minimum absolute atomic E-state index is 0.0487. The lowest BCUT2D eigenvalue weighted by Gasteiger charge is -2.28. The van der Waals surface area contributed by atoms with Gasteiger partial charge in [-0.1, -0.05) is 13.8 Å². The molecule has 6 heteroatoms. The number of nitro groups is 1. The third kappa shape index (κ3) is 5.04. The molecule has 1 aromatic rings. The van der Waals surface area contributed by atoms with Crippen LogP contribution in [0.15, 0.2) is 18.2 Å². The van der Waals surface area contributed by atoms with Crippen LogP contribution in [-0.2, 0) is 0 Å². The second-order valence-corrected chi connectivity index (χ2v) is 5.71. The Morgan fingerprint density at radius 1 is 1.33 bits per heavy atom. The number of nitriles is 1. The zero-order chi connectivity index (χ0) is 16.0. The van der Waals surface area contributed by atoms with Crippen molar-refractivity contribution in [3.63, 3.8) is 0 Å². The first-order valence-electron chi connectivity index (χ1n) is 6.93. The Labute approximate surface area is 125 Å². The molecule has 0 saturated carbocycles. The number of hydrogen-bond acceptors (Lipinski definition) is 5. The smallest absolute Gasteiger partial charge is 0.270 e. The molecule has 0 fully saturated rings. The summed E-state index contributed by atoms with van der Waals surface area (Å²) in [4.78, 5) is 14.5. The third-order valence-electron chi connectivity index (χ3n) is 3.05. The SMILES string of the molecule is CC(C)CN(CCN(C)C)c1ccc([N+](=O)[O-])cc1C#N. The van der Waals surface area contributed by atoms with Crippen LogP contribution in [0, 0.1) is 27.4 Å². The largest absolute Gasteiger partial charge is 0.369 e. The molecule has 0 unspecified atom stereocenters. The third-order valence-corrected chi connectivity index (χ3v) is 3.05.